The molecule has 0 saturated carbocycles. The monoisotopic (exact) mass is 235 g/mol. The number of para-hydroxylation sites is 1. The molecule has 0 radical (unpaired) electrons. The van der Waals surface area contributed by atoms with Crippen molar-refractivity contribution in [3.05, 3.63) is 29.3 Å². The number of hydrogen-bond acceptors (Lipinski definition) is 3. The Morgan fingerprint density at radius 3 is 2.88 bits per heavy atom. The number of carbonyl (C=O) groups is 1. The van der Waals surface area contributed by atoms with E-state index in [4.69, 9.17) is 9.84 Å². The highest BCUT2D eigenvalue weighted by atomic mass is 16.5. The lowest BCUT2D eigenvalue weighted by Gasteiger charge is -2.16. The first-order valence-corrected chi connectivity index (χ1v) is 5.73. The molecule has 1 aromatic rings. The van der Waals surface area contributed by atoms with E-state index in [2.05, 4.69) is 5.32 Å². The molecule has 92 valence electrons. The van der Waals surface area contributed by atoms with Crippen molar-refractivity contribution in [1.29, 1.82) is 0 Å². The van der Waals surface area contributed by atoms with Crippen molar-refractivity contribution in [2.75, 3.05) is 13.7 Å². The number of aryl methyl sites for hydroxylation is 1. The van der Waals surface area contributed by atoms with Gasteiger partial charge in [0.05, 0.1) is 13.0 Å². The summed E-state index contributed by atoms with van der Waals surface area (Å²) < 4.78 is 5.40. The van der Waals surface area contributed by atoms with Gasteiger partial charge in [-0.05, 0) is 18.9 Å². The molecule has 4 heteroatoms. The van der Waals surface area contributed by atoms with E-state index in [9.17, 15) is 4.79 Å². The number of carboxylic acid groups (broad SMARTS) is 1. The summed E-state index contributed by atoms with van der Waals surface area (Å²) in [5.74, 6) is -0.173. The molecule has 2 unspecified atom stereocenters. The lowest BCUT2D eigenvalue weighted by atomic mass is 9.98. The Kier molecular flexibility index (Phi) is 3.33. The number of rotatable bonds is 3. The molecule has 1 saturated heterocycles. The van der Waals surface area contributed by atoms with E-state index >= 15 is 0 Å². The van der Waals surface area contributed by atoms with Crippen LogP contribution in [0.25, 0.3) is 0 Å². The Balaban J connectivity index is 2.24. The van der Waals surface area contributed by atoms with E-state index in [-0.39, 0.29) is 12.0 Å². The smallest absolute Gasteiger partial charge is 0.307 e. The van der Waals surface area contributed by atoms with Crippen LogP contribution in [-0.4, -0.2) is 24.7 Å². The number of ether oxygens (including phenoxy) is 1. The van der Waals surface area contributed by atoms with Crippen molar-refractivity contribution >= 4 is 5.97 Å². The van der Waals surface area contributed by atoms with Gasteiger partial charge in [-0.2, -0.15) is 0 Å². The predicted molar refractivity (Wildman–Crippen MR) is 64.2 cm³/mol. The van der Waals surface area contributed by atoms with E-state index in [1.165, 1.54) is 0 Å². The number of benzene rings is 1. The van der Waals surface area contributed by atoms with Gasteiger partial charge in [-0.1, -0.05) is 18.2 Å². The van der Waals surface area contributed by atoms with E-state index in [1.54, 1.807) is 7.11 Å². The largest absolute Gasteiger partial charge is 0.496 e. The first kappa shape index (κ1) is 11.9. The van der Waals surface area contributed by atoms with Gasteiger partial charge in [0.2, 0.25) is 0 Å². The fourth-order valence-corrected chi connectivity index (χ4v) is 2.39. The molecule has 2 N–H and O–H groups in total. The van der Waals surface area contributed by atoms with Gasteiger partial charge in [0.15, 0.2) is 0 Å². The topological polar surface area (TPSA) is 58.6 Å². The molecule has 0 bridgehead atoms. The number of aliphatic carboxylic acids is 1. The maximum atomic E-state index is 10.9. The van der Waals surface area contributed by atoms with Crippen molar-refractivity contribution < 1.29 is 14.6 Å². The standard InChI is InChI=1S/C13H17NO3/c1-8-4-3-5-10(12(8)17-2)11-6-9(7-14-11)13(15)16/h3-5,9,11,14H,6-7H2,1-2H3,(H,15,16). The minimum absolute atomic E-state index is 0.0750. The number of hydrogen-bond donors (Lipinski definition) is 2. The zero-order chi connectivity index (χ0) is 12.4. The van der Waals surface area contributed by atoms with Gasteiger partial charge in [-0.25, -0.2) is 0 Å². The van der Waals surface area contributed by atoms with Crippen molar-refractivity contribution in [3.63, 3.8) is 0 Å². The van der Waals surface area contributed by atoms with Gasteiger partial charge in [0.1, 0.15) is 5.75 Å². The third kappa shape index (κ3) is 2.26. The lowest BCUT2D eigenvalue weighted by molar-refractivity contribution is -0.141. The van der Waals surface area contributed by atoms with Crippen LogP contribution in [0.5, 0.6) is 5.75 Å². The maximum absolute atomic E-state index is 10.9. The normalized spacial score (nSPS) is 23.6. The van der Waals surface area contributed by atoms with Crippen LogP contribution in [0.1, 0.15) is 23.6 Å². The molecule has 1 aromatic carbocycles. The van der Waals surface area contributed by atoms with Gasteiger partial charge in [0, 0.05) is 18.2 Å². The van der Waals surface area contributed by atoms with Crippen LogP contribution < -0.4 is 10.1 Å². The summed E-state index contributed by atoms with van der Waals surface area (Å²) in [4.78, 5) is 10.9. The molecule has 0 spiro atoms. The summed E-state index contributed by atoms with van der Waals surface area (Å²) in [6.07, 6.45) is 0.620. The Morgan fingerprint density at radius 1 is 1.53 bits per heavy atom. The van der Waals surface area contributed by atoms with Gasteiger partial charge < -0.3 is 15.2 Å². The molecular weight excluding hydrogens is 218 g/mol. The first-order chi connectivity index (χ1) is 8.13. The third-order valence-corrected chi connectivity index (χ3v) is 3.30. The molecule has 0 amide bonds. The number of carboxylic acids is 1. The molecule has 0 aromatic heterocycles. The van der Waals surface area contributed by atoms with Crippen molar-refractivity contribution in [1.82, 2.24) is 5.32 Å². The van der Waals surface area contributed by atoms with Crippen LogP contribution in [0, 0.1) is 12.8 Å². The highest BCUT2D eigenvalue weighted by Gasteiger charge is 2.31. The SMILES string of the molecule is COc1c(C)cccc1C1CC(C(=O)O)CN1. The second-order valence-corrected chi connectivity index (χ2v) is 4.43. The highest BCUT2D eigenvalue weighted by Crippen LogP contribution is 2.34. The highest BCUT2D eigenvalue weighted by molar-refractivity contribution is 5.71. The second kappa shape index (κ2) is 4.75. The molecule has 4 nitrogen and oxygen atoms in total. The van der Waals surface area contributed by atoms with E-state index < -0.39 is 5.97 Å². The van der Waals surface area contributed by atoms with Crippen LogP contribution in [0.3, 0.4) is 0 Å². The summed E-state index contributed by atoms with van der Waals surface area (Å²) in [6.45, 7) is 2.52. The van der Waals surface area contributed by atoms with Crippen LogP contribution in [-0.2, 0) is 4.79 Å². The van der Waals surface area contributed by atoms with Crippen molar-refractivity contribution in [3.8, 4) is 5.75 Å². The molecule has 1 heterocycles. The maximum Gasteiger partial charge on any atom is 0.307 e. The van der Waals surface area contributed by atoms with E-state index in [0.29, 0.717) is 13.0 Å². The molecular formula is C13H17NO3. The minimum atomic E-state index is -0.730. The molecule has 1 fully saturated rings. The average Bonchev–Trinajstić information content (AvgIpc) is 2.77. The Hall–Kier alpha value is -1.55. The van der Waals surface area contributed by atoms with Crippen molar-refractivity contribution in [2.24, 2.45) is 5.92 Å². The zero-order valence-corrected chi connectivity index (χ0v) is 10.1. The third-order valence-electron chi connectivity index (χ3n) is 3.30. The van der Waals surface area contributed by atoms with Gasteiger partial charge >= 0.3 is 5.97 Å². The van der Waals surface area contributed by atoms with E-state index in [0.717, 1.165) is 16.9 Å². The van der Waals surface area contributed by atoms with E-state index in [1.807, 2.05) is 25.1 Å². The summed E-state index contributed by atoms with van der Waals surface area (Å²) >= 11 is 0. The fourth-order valence-electron chi connectivity index (χ4n) is 2.39. The molecule has 17 heavy (non-hydrogen) atoms. The van der Waals surface area contributed by atoms with Crippen LogP contribution in [0.2, 0.25) is 0 Å². The molecule has 1 aliphatic rings. The second-order valence-electron chi connectivity index (χ2n) is 4.43. The Morgan fingerprint density at radius 2 is 2.29 bits per heavy atom. The minimum Gasteiger partial charge on any atom is -0.496 e. The number of nitrogens with one attached hydrogen (secondary N) is 1. The quantitative estimate of drug-likeness (QED) is 0.837. The Labute approximate surface area is 101 Å². The van der Waals surface area contributed by atoms with Crippen LogP contribution in [0.15, 0.2) is 18.2 Å². The molecule has 1 aliphatic heterocycles. The van der Waals surface area contributed by atoms with Gasteiger partial charge in [0.25, 0.3) is 0 Å². The molecule has 0 aliphatic carbocycles. The summed E-state index contributed by atoms with van der Waals surface area (Å²) in [5.41, 5.74) is 2.13. The average molecular weight is 235 g/mol. The first-order valence-electron chi connectivity index (χ1n) is 5.73. The summed E-state index contributed by atoms with van der Waals surface area (Å²) in [5, 5.41) is 12.2. The number of methoxy groups -OCH3 is 1. The fraction of sp³-hybridized carbons (Fsp3) is 0.462. The molecule has 2 rings (SSSR count). The van der Waals surface area contributed by atoms with Crippen LogP contribution >= 0.6 is 0 Å². The zero-order valence-electron chi connectivity index (χ0n) is 10.1. The van der Waals surface area contributed by atoms with Gasteiger partial charge in [-0.15, -0.1) is 0 Å². The Bertz CT molecular complexity index is 431. The summed E-state index contributed by atoms with van der Waals surface area (Å²) in [6, 6.07) is 6.04. The predicted octanol–water partition coefficient (Wildman–Crippen LogP) is 1.74. The van der Waals surface area contributed by atoms with Crippen LogP contribution in [0.4, 0.5) is 0 Å². The van der Waals surface area contributed by atoms with Crippen molar-refractivity contribution in [2.45, 2.75) is 19.4 Å². The lowest BCUT2D eigenvalue weighted by Crippen LogP contribution is -2.17. The summed E-state index contributed by atoms with van der Waals surface area (Å²) in [7, 11) is 1.65. The van der Waals surface area contributed by atoms with Gasteiger partial charge in [-0.3, -0.25) is 4.79 Å². The molecule has 2 atom stereocenters.